The van der Waals surface area contributed by atoms with E-state index < -0.39 is 30.0 Å². The minimum Gasteiger partial charge on any atom is -0.480 e. The Balaban J connectivity index is 2.56. The number of carbonyl (C=O) groups is 3. The number of hydrogen-bond donors (Lipinski definition) is 4. The van der Waals surface area contributed by atoms with Crippen molar-refractivity contribution in [3.8, 4) is 0 Å². The standard InChI is InChI=1S/C16H23N3O4/c1-10(2)13(14(20)18-11(3)15(21)22)19-16(23)17-9-12-7-5-4-6-8-12/h4-8,10-11,13H,9H2,1-3H3,(H,18,20)(H,21,22)(H2,17,19,23)/t11-,13-/m0/s1. The number of carboxylic acid groups (broad SMARTS) is 1. The van der Waals surface area contributed by atoms with Crippen molar-refractivity contribution in [1.82, 2.24) is 16.0 Å². The highest BCUT2D eigenvalue weighted by Gasteiger charge is 2.26. The predicted octanol–water partition coefficient (Wildman–Crippen LogP) is 1.10. The average molecular weight is 321 g/mol. The van der Waals surface area contributed by atoms with Crippen molar-refractivity contribution < 1.29 is 19.5 Å². The fourth-order valence-electron chi connectivity index (χ4n) is 1.87. The quantitative estimate of drug-likeness (QED) is 0.603. The van der Waals surface area contributed by atoms with Gasteiger partial charge in [-0.05, 0) is 18.4 Å². The molecule has 0 fully saturated rings. The third-order valence-corrected chi connectivity index (χ3v) is 3.26. The van der Waals surface area contributed by atoms with Crippen LogP contribution in [0.15, 0.2) is 30.3 Å². The Labute approximate surface area is 135 Å². The van der Waals surface area contributed by atoms with Gasteiger partial charge in [0, 0.05) is 6.54 Å². The summed E-state index contributed by atoms with van der Waals surface area (Å²) >= 11 is 0. The molecule has 0 aromatic heterocycles. The van der Waals surface area contributed by atoms with Crippen LogP contribution < -0.4 is 16.0 Å². The van der Waals surface area contributed by atoms with E-state index in [2.05, 4.69) is 16.0 Å². The van der Waals surface area contributed by atoms with Gasteiger partial charge in [-0.15, -0.1) is 0 Å². The number of hydrogen-bond acceptors (Lipinski definition) is 3. The van der Waals surface area contributed by atoms with E-state index in [1.54, 1.807) is 13.8 Å². The van der Waals surface area contributed by atoms with Crippen molar-refractivity contribution in [2.45, 2.75) is 39.4 Å². The Morgan fingerprint density at radius 2 is 1.65 bits per heavy atom. The molecule has 1 aromatic carbocycles. The fourth-order valence-corrected chi connectivity index (χ4v) is 1.87. The highest BCUT2D eigenvalue weighted by atomic mass is 16.4. The van der Waals surface area contributed by atoms with Crippen molar-refractivity contribution in [3.05, 3.63) is 35.9 Å². The molecule has 126 valence electrons. The molecule has 0 heterocycles. The number of amides is 3. The highest BCUT2D eigenvalue weighted by Crippen LogP contribution is 2.03. The van der Waals surface area contributed by atoms with Crippen LogP contribution in [0.5, 0.6) is 0 Å². The third kappa shape index (κ3) is 6.37. The lowest BCUT2D eigenvalue weighted by Crippen LogP contribution is -2.54. The maximum absolute atomic E-state index is 12.1. The lowest BCUT2D eigenvalue weighted by molar-refractivity contribution is -0.141. The summed E-state index contributed by atoms with van der Waals surface area (Å²) in [5.41, 5.74) is 0.938. The van der Waals surface area contributed by atoms with E-state index in [1.807, 2.05) is 30.3 Å². The highest BCUT2D eigenvalue weighted by molar-refractivity contribution is 5.90. The Hall–Kier alpha value is -2.57. The van der Waals surface area contributed by atoms with Gasteiger partial charge in [0.15, 0.2) is 0 Å². The number of aliphatic carboxylic acids is 1. The van der Waals surface area contributed by atoms with Gasteiger partial charge in [0.2, 0.25) is 5.91 Å². The van der Waals surface area contributed by atoms with Crippen LogP contribution in [0.25, 0.3) is 0 Å². The van der Waals surface area contributed by atoms with E-state index in [0.29, 0.717) is 6.54 Å². The number of nitrogens with one attached hydrogen (secondary N) is 3. The van der Waals surface area contributed by atoms with E-state index in [-0.39, 0.29) is 5.92 Å². The Morgan fingerprint density at radius 3 is 2.17 bits per heavy atom. The van der Waals surface area contributed by atoms with Crippen molar-refractivity contribution in [3.63, 3.8) is 0 Å². The van der Waals surface area contributed by atoms with Gasteiger partial charge in [0.05, 0.1) is 0 Å². The molecular weight excluding hydrogens is 298 g/mol. The molecular formula is C16H23N3O4. The summed E-state index contributed by atoms with van der Waals surface area (Å²) in [6, 6.07) is 7.06. The van der Waals surface area contributed by atoms with Gasteiger partial charge >= 0.3 is 12.0 Å². The molecule has 0 saturated carbocycles. The van der Waals surface area contributed by atoms with Crippen LogP contribution in [0.2, 0.25) is 0 Å². The van der Waals surface area contributed by atoms with Crippen molar-refractivity contribution >= 4 is 17.9 Å². The maximum Gasteiger partial charge on any atom is 0.325 e. The normalized spacial score (nSPS) is 13.0. The Bertz CT molecular complexity index is 546. The average Bonchev–Trinajstić information content (AvgIpc) is 2.51. The van der Waals surface area contributed by atoms with Crippen LogP contribution in [-0.2, 0) is 16.1 Å². The monoisotopic (exact) mass is 321 g/mol. The van der Waals surface area contributed by atoms with Gasteiger partial charge in [0.1, 0.15) is 12.1 Å². The Kier molecular flexibility index (Phi) is 7.05. The zero-order chi connectivity index (χ0) is 17.4. The predicted molar refractivity (Wildman–Crippen MR) is 85.7 cm³/mol. The van der Waals surface area contributed by atoms with E-state index in [4.69, 9.17) is 5.11 Å². The number of rotatable bonds is 7. The topological polar surface area (TPSA) is 108 Å². The van der Waals surface area contributed by atoms with E-state index in [1.165, 1.54) is 6.92 Å². The van der Waals surface area contributed by atoms with E-state index in [9.17, 15) is 14.4 Å². The van der Waals surface area contributed by atoms with Crippen LogP contribution in [-0.4, -0.2) is 35.1 Å². The first-order chi connectivity index (χ1) is 10.8. The number of carbonyl (C=O) groups excluding carboxylic acids is 2. The minimum absolute atomic E-state index is 0.182. The van der Waals surface area contributed by atoms with Crippen molar-refractivity contribution in [2.75, 3.05) is 0 Å². The second-order valence-electron chi connectivity index (χ2n) is 5.60. The van der Waals surface area contributed by atoms with Crippen LogP contribution in [0.4, 0.5) is 4.79 Å². The molecule has 0 bridgehead atoms. The summed E-state index contributed by atoms with van der Waals surface area (Å²) in [5, 5.41) is 16.4. The van der Waals surface area contributed by atoms with Crippen LogP contribution in [0.1, 0.15) is 26.3 Å². The summed E-state index contributed by atoms with van der Waals surface area (Å²) in [4.78, 5) is 34.8. The second-order valence-corrected chi connectivity index (χ2v) is 5.60. The van der Waals surface area contributed by atoms with E-state index in [0.717, 1.165) is 5.56 Å². The lowest BCUT2D eigenvalue weighted by atomic mass is 10.0. The second kappa shape index (κ2) is 8.77. The van der Waals surface area contributed by atoms with Gasteiger partial charge in [-0.1, -0.05) is 44.2 Å². The minimum atomic E-state index is -1.13. The summed E-state index contributed by atoms with van der Waals surface area (Å²) in [6.45, 7) is 5.25. The van der Waals surface area contributed by atoms with Crippen molar-refractivity contribution in [2.24, 2.45) is 5.92 Å². The van der Waals surface area contributed by atoms with Crippen molar-refractivity contribution in [1.29, 1.82) is 0 Å². The molecule has 0 spiro atoms. The summed E-state index contributed by atoms with van der Waals surface area (Å²) < 4.78 is 0. The van der Waals surface area contributed by atoms with Gasteiger partial charge in [-0.2, -0.15) is 0 Å². The largest absolute Gasteiger partial charge is 0.480 e. The van der Waals surface area contributed by atoms with Crippen LogP contribution in [0, 0.1) is 5.92 Å². The number of benzene rings is 1. The smallest absolute Gasteiger partial charge is 0.325 e. The molecule has 0 unspecified atom stereocenters. The van der Waals surface area contributed by atoms with Crippen LogP contribution >= 0.6 is 0 Å². The van der Waals surface area contributed by atoms with E-state index >= 15 is 0 Å². The molecule has 1 aromatic rings. The zero-order valence-corrected chi connectivity index (χ0v) is 13.5. The molecule has 0 aliphatic rings. The number of carboxylic acids is 1. The molecule has 1 rings (SSSR count). The molecule has 0 radical (unpaired) electrons. The molecule has 0 aliphatic carbocycles. The molecule has 23 heavy (non-hydrogen) atoms. The molecule has 4 N–H and O–H groups in total. The summed E-state index contributed by atoms with van der Waals surface area (Å²) in [5.74, 6) is -1.84. The molecule has 7 heteroatoms. The first kappa shape index (κ1) is 18.5. The van der Waals surface area contributed by atoms with Gasteiger partial charge in [-0.25, -0.2) is 4.79 Å². The summed E-state index contributed by atoms with van der Waals surface area (Å²) in [6.07, 6.45) is 0. The van der Waals surface area contributed by atoms with Gasteiger partial charge in [0.25, 0.3) is 0 Å². The lowest BCUT2D eigenvalue weighted by Gasteiger charge is -2.23. The van der Waals surface area contributed by atoms with Crippen LogP contribution in [0.3, 0.4) is 0 Å². The van der Waals surface area contributed by atoms with Gasteiger partial charge < -0.3 is 21.1 Å². The summed E-state index contributed by atoms with van der Waals surface area (Å²) in [7, 11) is 0. The molecule has 0 saturated heterocycles. The Morgan fingerprint density at radius 1 is 1.04 bits per heavy atom. The first-order valence-corrected chi connectivity index (χ1v) is 7.42. The maximum atomic E-state index is 12.1. The van der Waals surface area contributed by atoms with Gasteiger partial charge in [-0.3, -0.25) is 9.59 Å². The zero-order valence-electron chi connectivity index (χ0n) is 13.5. The SMILES string of the molecule is CC(C)[C@H](NC(=O)NCc1ccccc1)C(=O)N[C@@H](C)C(=O)O. The fraction of sp³-hybridized carbons (Fsp3) is 0.438. The molecule has 7 nitrogen and oxygen atoms in total. The third-order valence-electron chi connectivity index (χ3n) is 3.26. The first-order valence-electron chi connectivity index (χ1n) is 7.42. The molecule has 3 amide bonds. The molecule has 0 aliphatic heterocycles. The molecule has 2 atom stereocenters. The number of urea groups is 1.